The van der Waals surface area contributed by atoms with Crippen molar-refractivity contribution < 1.29 is 9.94 Å². The third-order valence-electron chi connectivity index (χ3n) is 4.14. The van der Waals surface area contributed by atoms with E-state index in [1.165, 1.54) is 5.56 Å². The molecule has 25 heavy (non-hydrogen) atoms. The van der Waals surface area contributed by atoms with Crippen LogP contribution in [0.3, 0.4) is 0 Å². The average molecular weight is 359 g/mol. The van der Waals surface area contributed by atoms with Crippen LogP contribution in [0.25, 0.3) is 0 Å². The van der Waals surface area contributed by atoms with Crippen LogP contribution < -0.4 is 0 Å². The van der Waals surface area contributed by atoms with E-state index in [4.69, 9.17) is 16.4 Å². The van der Waals surface area contributed by atoms with E-state index in [1.54, 1.807) is 0 Å². The van der Waals surface area contributed by atoms with Crippen molar-refractivity contribution in [3.63, 3.8) is 0 Å². The molecule has 0 aromatic heterocycles. The third-order valence-corrected chi connectivity index (χ3v) is 4.40. The number of hydrogen-bond donors (Lipinski definition) is 1. The van der Waals surface area contributed by atoms with Gasteiger partial charge in [0.2, 0.25) is 0 Å². The van der Waals surface area contributed by atoms with Gasteiger partial charge in [0, 0.05) is 31.1 Å². The number of nitrogens with zero attached hydrogens (tertiary/aromatic N) is 2. The molecule has 1 N–H and O–H groups in total. The summed E-state index contributed by atoms with van der Waals surface area (Å²) in [7, 11) is 0. The number of rotatable bonds is 7. The second-order valence-corrected chi connectivity index (χ2v) is 6.94. The van der Waals surface area contributed by atoms with Crippen LogP contribution in [-0.4, -0.2) is 41.0 Å². The Hall–Kier alpha value is -1.88. The van der Waals surface area contributed by atoms with Crippen LogP contribution in [0.1, 0.15) is 24.5 Å². The monoisotopic (exact) mass is 358 g/mol. The van der Waals surface area contributed by atoms with E-state index in [-0.39, 0.29) is 12.2 Å². The maximum Gasteiger partial charge on any atom is 0.145 e. The van der Waals surface area contributed by atoms with Crippen LogP contribution in [0.4, 0.5) is 0 Å². The molecule has 2 aromatic carbocycles. The molecule has 0 unspecified atom stereocenters. The van der Waals surface area contributed by atoms with Crippen molar-refractivity contribution in [2.45, 2.75) is 32.1 Å². The van der Waals surface area contributed by atoms with Gasteiger partial charge in [-0.2, -0.15) is 0 Å². The number of hydrogen-bond acceptors (Lipinski definition) is 4. The minimum absolute atomic E-state index is 0.00635. The summed E-state index contributed by atoms with van der Waals surface area (Å²) in [5.41, 5.74) is 3.20. The zero-order chi connectivity index (χ0) is 17.6. The maximum atomic E-state index is 9.81. The Morgan fingerprint density at radius 1 is 1.20 bits per heavy atom. The van der Waals surface area contributed by atoms with Crippen LogP contribution in [0.5, 0.6) is 0 Å². The van der Waals surface area contributed by atoms with Gasteiger partial charge in [-0.3, -0.25) is 4.90 Å². The average Bonchev–Trinajstić information content (AvgIpc) is 3.04. The van der Waals surface area contributed by atoms with E-state index in [0.717, 1.165) is 30.8 Å². The van der Waals surface area contributed by atoms with Gasteiger partial charge >= 0.3 is 0 Å². The van der Waals surface area contributed by atoms with Gasteiger partial charge in [0.05, 0.1) is 11.8 Å². The smallest absolute Gasteiger partial charge is 0.145 e. The fourth-order valence-corrected chi connectivity index (χ4v) is 3.17. The van der Waals surface area contributed by atoms with Crippen LogP contribution in [0.15, 0.2) is 59.8 Å². The lowest BCUT2D eigenvalue weighted by atomic mass is 10.0. The highest BCUT2D eigenvalue weighted by Crippen LogP contribution is 2.20. The third kappa shape index (κ3) is 5.30. The zero-order valence-corrected chi connectivity index (χ0v) is 15.1. The SMILES string of the molecule is C[C@@H](O)CN(Cc1ccccc1)C[C@H]1CC(c2ccc(Cl)cc2)=NO1. The minimum Gasteiger partial charge on any atom is -0.392 e. The van der Waals surface area contributed by atoms with Gasteiger partial charge in [0.15, 0.2) is 0 Å². The Kier molecular flexibility index (Phi) is 6.08. The first-order valence-corrected chi connectivity index (χ1v) is 8.91. The highest BCUT2D eigenvalue weighted by atomic mass is 35.5. The largest absolute Gasteiger partial charge is 0.392 e. The standard InChI is InChI=1S/C20H23ClN2O2/c1-15(24)12-23(13-16-5-3-2-4-6-16)14-19-11-20(22-25-19)17-7-9-18(21)10-8-17/h2-10,15,19,24H,11-14H2,1H3/t15-,19-/m1/s1. The Bertz CT molecular complexity index is 701. The predicted molar refractivity (Wildman–Crippen MR) is 101 cm³/mol. The summed E-state index contributed by atoms with van der Waals surface area (Å²) in [5.74, 6) is 0. The molecule has 5 heteroatoms. The second kappa shape index (κ2) is 8.48. The lowest BCUT2D eigenvalue weighted by Crippen LogP contribution is -2.37. The summed E-state index contributed by atoms with van der Waals surface area (Å²) >= 11 is 5.94. The molecule has 4 nitrogen and oxygen atoms in total. The number of aliphatic hydroxyl groups excluding tert-OH is 1. The molecule has 2 aromatic rings. The van der Waals surface area contributed by atoms with Crippen molar-refractivity contribution in [3.8, 4) is 0 Å². The van der Waals surface area contributed by atoms with E-state index in [1.807, 2.05) is 49.4 Å². The van der Waals surface area contributed by atoms with Gasteiger partial charge in [-0.15, -0.1) is 0 Å². The van der Waals surface area contributed by atoms with Crippen molar-refractivity contribution in [1.29, 1.82) is 0 Å². The van der Waals surface area contributed by atoms with Crippen molar-refractivity contribution in [3.05, 3.63) is 70.7 Å². The predicted octanol–water partition coefficient (Wildman–Crippen LogP) is 3.72. The Morgan fingerprint density at radius 3 is 2.60 bits per heavy atom. The molecule has 0 fully saturated rings. The number of benzene rings is 2. The highest BCUT2D eigenvalue weighted by Gasteiger charge is 2.25. The van der Waals surface area contributed by atoms with Crippen molar-refractivity contribution in [2.24, 2.45) is 5.16 Å². The summed E-state index contributed by atoms with van der Waals surface area (Å²) in [6.07, 6.45) is 0.363. The minimum atomic E-state index is -0.387. The molecule has 0 amide bonds. The van der Waals surface area contributed by atoms with Gasteiger partial charge in [-0.05, 0) is 30.2 Å². The Balaban J connectivity index is 1.60. The Labute approximate surface area is 153 Å². The molecule has 3 rings (SSSR count). The molecule has 0 bridgehead atoms. The van der Waals surface area contributed by atoms with Crippen molar-refractivity contribution >= 4 is 17.3 Å². The number of oxime groups is 1. The Morgan fingerprint density at radius 2 is 1.92 bits per heavy atom. The van der Waals surface area contributed by atoms with E-state index in [2.05, 4.69) is 22.2 Å². The molecule has 1 aliphatic rings. The molecular weight excluding hydrogens is 336 g/mol. The van der Waals surface area contributed by atoms with Crippen molar-refractivity contribution in [1.82, 2.24) is 4.90 Å². The van der Waals surface area contributed by atoms with E-state index >= 15 is 0 Å². The molecule has 0 spiro atoms. The summed E-state index contributed by atoms with van der Waals surface area (Å²) in [5, 5.41) is 14.8. The van der Waals surface area contributed by atoms with Crippen LogP contribution in [0.2, 0.25) is 5.02 Å². The van der Waals surface area contributed by atoms with Gasteiger partial charge in [-0.1, -0.05) is 59.2 Å². The van der Waals surface area contributed by atoms with Gasteiger partial charge in [0.25, 0.3) is 0 Å². The van der Waals surface area contributed by atoms with E-state index in [0.29, 0.717) is 11.6 Å². The molecule has 0 saturated carbocycles. The lowest BCUT2D eigenvalue weighted by molar-refractivity contribution is 0.0351. The van der Waals surface area contributed by atoms with Crippen LogP contribution in [-0.2, 0) is 11.4 Å². The van der Waals surface area contributed by atoms with Gasteiger partial charge in [0.1, 0.15) is 6.10 Å². The molecule has 0 aliphatic carbocycles. The fraction of sp³-hybridized carbons (Fsp3) is 0.350. The number of halogens is 1. The topological polar surface area (TPSA) is 45.1 Å². The summed E-state index contributed by atoms with van der Waals surface area (Å²) in [6, 6.07) is 17.9. The summed E-state index contributed by atoms with van der Waals surface area (Å²) < 4.78 is 0. The highest BCUT2D eigenvalue weighted by molar-refractivity contribution is 6.30. The van der Waals surface area contributed by atoms with Crippen LogP contribution >= 0.6 is 11.6 Å². The normalized spacial score (nSPS) is 18.1. The maximum absolute atomic E-state index is 9.81. The molecule has 0 radical (unpaired) electrons. The number of aliphatic hydroxyl groups is 1. The molecule has 132 valence electrons. The zero-order valence-electron chi connectivity index (χ0n) is 14.3. The molecule has 2 atom stereocenters. The first-order chi connectivity index (χ1) is 12.1. The fourth-order valence-electron chi connectivity index (χ4n) is 3.05. The molecule has 0 saturated heterocycles. The first-order valence-electron chi connectivity index (χ1n) is 8.53. The first kappa shape index (κ1) is 17.9. The van der Waals surface area contributed by atoms with Crippen LogP contribution in [0, 0.1) is 0 Å². The van der Waals surface area contributed by atoms with Gasteiger partial charge < -0.3 is 9.94 Å². The second-order valence-electron chi connectivity index (χ2n) is 6.51. The van der Waals surface area contributed by atoms with Crippen molar-refractivity contribution in [2.75, 3.05) is 13.1 Å². The molecule has 1 aliphatic heterocycles. The lowest BCUT2D eigenvalue weighted by Gasteiger charge is -2.25. The quantitative estimate of drug-likeness (QED) is 0.820. The van der Waals surface area contributed by atoms with Gasteiger partial charge in [-0.25, -0.2) is 0 Å². The van der Waals surface area contributed by atoms with E-state index < -0.39 is 0 Å². The molecule has 1 heterocycles. The summed E-state index contributed by atoms with van der Waals surface area (Å²) in [6.45, 7) is 3.91. The molecular formula is C20H23ClN2O2. The van der Waals surface area contributed by atoms with E-state index in [9.17, 15) is 5.11 Å². The summed E-state index contributed by atoms with van der Waals surface area (Å²) in [4.78, 5) is 7.84.